The number of rotatable bonds is 6. The fraction of sp³-hybridized carbons (Fsp3) is 0.640. The van der Waals surface area contributed by atoms with E-state index in [1.807, 2.05) is 24.0 Å². The number of aryl methyl sites for hydroxylation is 1. The van der Waals surface area contributed by atoms with Crippen LogP contribution in [0.2, 0.25) is 0 Å². The first-order valence-corrected chi connectivity index (χ1v) is 12.2. The average Bonchev–Trinajstić information content (AvgIpc) is 2.79. The van der Waals surface area contributed by atoms with Gasteiger partial charge < -0.3 is 14.5 Å². The number of amides is 4. The van der Waals surface area contributed by atoms with Crippen LogP contribution in [0.25, 0.3) is 0 Å². The van der Waals surface area contributed by atoms with E-state index in [-0.39, 0.29) is 24.8 Å². The molecule has 1 aromatic carbocycles. The third-order valence-corrected chi connectivity index (χ3v) is 7.11. The summed E-state index contributed by atoms with van der Waals surface area (Å²) in [7, 11) is 0. The van der Waals surface area contributed by atoms with Crippen molar-refractivity contribution in [2.45, 2.75) is 46.0 Å². The largest absolute Gasteiger partial charge is 0.484 e. The lowest BCUT2D eigenvalue weighted by molar-refractivity contribution is -0.134. The molecule has 8 heteroatoms. The Kier molecular flexibility index (Phi) is 7.53. The van der Waals surface area contributed by atoms with Crippen LogP contribution in [0.3, 0.4) is 0 Å². The van der Waals surface area contributed by atoms with Gasteiger partial charge in [-0.2, -0.15) is 0 Å². The summed E-state index contributed by atoms with van der Waals surface area (Å²) in [6, 6.07) is 5.02. The number of hydrogen-bond donors (Lipinski definition) is 1. The maximum Gasteiger partial charge on any atom is 0.328 e. The first kappa shape index (κ1) is 23.5. The Morgan fingerprint density at radius 1 is 1.12 bits per heavy atom. The highest BCUT2D eigenvalue weighted by atomic mass is 16.5. The van der Waals surface area contributed by atoms with E-state index < -0.39 is 6.03 Å². The Hall–Kier alpha value is -2.61. The minimum absolute atomic E-state index is 0.00322. The van der Waals surface area contributed by atoms with E-state index in [1.165, 1.54) is 25.9 Å². The number of benzene rings is 1. The zero-order valence-electron chi connectivity index (χ0n) is 19.8. The zero-order chi connectivity index (χ0) is 23.4. The van der Waals surface area contributed by atoms with Crippen molar-refractivity contribution in [3.8, 4) is 5.75 Å². The van der Waals surface area contributed by atoms with Crippen molar-refractivity contribution in [3.05, 3.63) is 23.8 Å². The molecule has 180 valence electrons. The monoisotopic (exact) mass is 456 g/mol. The molecule has 4 rings (SSSR count). The Labute approximate surface area is 196 Å². The molecule has 1 N–H and O–H groups in total. The number of nitrogens with one attached hydrogen (secondary N) is 1. The number of anilines is 1. The molecule has 1 unspecified atom stereocenters. The summed E-state index contributed by atoms with van der Waals surface area (Å²) in [6.45, 7) is 9.72. The van der Waals surface area contributed by atoms with Crippen LogP contribution in [-0.4, -0.2) is 73.5 Å². The van der Waals surface area contributed by atoms with Crippen LogP contribution in [0.15, 0.2) is 18.2 Å². The number of carbonyl (C=O) groups excluding carboxylic acids is 3. The van der Waals surface area contributed by atoms with Crippen molar-refractivity contribution >= 4 is 23.5 Å². The number of carbonyl (C=O) groups is 3. The minimum Gasteiger partial charge on any atom is -0.484 e. The summed E-state index contributed by atoms with van der Waals surface area (Å²) >= 11 is 0. The van der Waals surface area contributed by atoms with E-state index in [2.05, 4.69) is 17.1 Å². The maximum absolute atomic E-state index is 12.7. The molecule has 3 aliphatic heterocycles. The second-order valence-electron chi connectivity index (χ2n) is 9.82. The van der Waals surface area contributed by atoms with Crippen LogP contribution in [-0.2, 0) is 9.59 Å². The smallest absolute Gasteiger partial charge is 0.328 e. The van der Waals surface area contributed by atoms with Gasteiger partial charge in [0.1, 0.15) is 5.75 Å². The van der Waals surface area contributed by atoms with Gasteiger partial charge in [0.25, 0.3) is 5.91 Å². The SMILES string of the molecule is Cc1ccc(OCC(=O)N2CCC(CN3CCCC(C)C3)CC2)cc1N1CCC(=O)NC1=O. The predicted octanol–water partition coefficient (Wildman–Crippen LogP) is 2.79. The Morgan fingerprint density at radius 3 is 2.64 bits per heavy atom. The third kappa shape index (κ3) is 6.05. The lowest BCUT2D eigenvalue weighted by atomic mass is 9.93. The van der Waals surface area contributed by atoms with Crippen LogP contribution < -0.4 is 15.0 Å². The molecule has 0 radical (unpaired) electrons. The molecule has 0 aliphatic carbocycles. The number of ether oxygens (including phenoxy) is 1. The molecule has 3 saturated heterocycles. The summed E-state index contributed by atoms with van der Waals surface area (Å²) in [5, 5.41) is 2.34. The van der Waals surface area contributed by atoms with Crippen LogP contribution in [0.4, 0.5) is 10.5 Å². The van der Waals surface area contributed by atoms with Crippen molar-refractivity contribution in [1.82, 2.24) is 15.1 Å². The van der Waals surface area contributed by atoms with Crippen molar-refractivity contribution in [2.24, 2.45) is 11.8 Å². The van der Waals surface area contributed by atoms with Crippen LogP contribution in [0.1, 0.15) is 44.6 Å². The first-order chi connectivity index (χ1) is 15.9. The minimum atomic E-state index is -0.426. The molecule has 33 heavy (non-hydrogen) atoms. The molecular weight excluding hydrogens is 420 g/mol. The van der Waals surface area contributed by atoms with Gasteiger partial charge in [-0.05, 0) is 62.6 Å². The molecular formula is C25H36N4O4. The molecule has 1 atom stereocenters. The average molecular weight is 457 g/mol. The number of piperidine rings is 2. The molecule has 3 aliphatic rings. The molecule has 3 heterocycles. The van der Waals surface area contributed by atoms with Crippen molar-refractivity contribution in [1.29, 1.82) is 0 Å². The van der Waals surface area contributed by atoms with Gasteiger partial charge in [0, 0.05) is 45.2 Å². The molecule has 3 fully saturated rings. The Bertz CT molecular complexity index is 881. The molecule has 0 saturated carbocycles. The molecule has 0 spiro atoms. The van der Waals surface area contributed by atoms with Gasteiger partial charge in [-0.1, -0.05) is 13.0 Å². The summed E-state index contributed by atoms with van der Waals surface area (Å²) in [6.07, 6.45) is 5.01. The fourth-order valence-corrected chi connectivity index (χ4v) is 5.18. The Balaban J connectivity index is 1.25. The first-order valence-electron chi connectivity index (χ1n) is 12.2. The van der Waals surface area contributed by atoms with Gasteiger partial charge >= 0.3 is 6.03 Å². The molecule has 4 amide bonds. The van der Waals surface area contributed by atoms with Crippen LogP contribution in [0, 0.1) is 18.8 Å². The van der Waals surface area contributed by atoms with Crippen molar-refractivity contribution in [2.75, 3.05) is 50.8 Å². The van der Waals surface area contributed by atoms with E-state index in [1.54, 1.807) is 11.0 Å². The van der Waals surface area contributed by atoms with Gasteiger partial charge in [0.2, 0.25) is 5.91 Å². The van der Waals surface area contributed by atoms with Gasteiger partial charge in [-0.3, -0.25) is 19.8 Å². The van der Waals surface area contributed by atoms with Gasteiger partial charge in [-0.15, -0.1) is 0 Å². The van der Waals surface area contributed by atoms with E-state index in [9.17, 15) is 14.4 Å². The number of likely N-dealkylation sites (tertiary alicyclic amines) is 2. The molecule has 8 nitrogen and oxygen atoms in total. The summed E-state index contributed by atoms with van der Waals surface area (Å²) in [5.74, 6) is 1.75. The highest BCUT2D eigenvalue weighted by Gasteiger charge is 2.27. The number of nitrogens with zero attached hydrogens (tertiary/aromatic N) is 3. The zero-order valence-corrected chi connectivity index (χ0v) is 19.8. The fourth-order valence-electron chi connectivity index (χ4n) is 5.18. The lowest BCUT2D eigenvalue weighted by Crippen LogP contribution is -2.49. The van der Waals surface area contributed by atoms with E-state index in [0.717, 1.165) is 44.0 Å². The third-order valence-electron chi connectivity index (χ3n) is 7.11. The molecule has 1 aromatic rings. The quantitative estimate of drug-likeness (QED) is 0.712. The van der Waals surface area contributed by atoms with Crippen molar-refractivity contribution < 1.29 is 19.1 Å². The maximum atomic E-state index is 12.7. The number of hydrogen-bond acceptors (Lipinski definition) is 5. The van der Waals surface area contributed by atoms with Crippen molar-refractivity contribution in [3.63, 3.8) is 0 Å². The summed E-state index contributed by atoms with van der Waals surface area (Å²) in [4.78, 5) is 42.4. The number of imide groups is 1. The van der Waals surface area contributed by atoms with E-state index in [0.29, 0.717) is 23.9 Å². The Morgan fingerprint density at radius 2 is 1.91 bits per heavy atom. The summed E-state index contributed by atoms with van der Waals surface area (Å²) < 4.78 is 5.80. The second-order valence-corrected chi connectivity index (χ2v) is 9.82. The normalized spacial score (nSPS) is 22.9. The van der Waals surface area contributed by atoms with Crippen LogP contribution in [0.5, 0.6) is 5.75 Å². The van der Waals surface area contributed by atoms with Gasteiger partial charge in [-0.25, -0.2) is 4.79 Å². The van der Waals surface area contributed by atoms with Gasteiger partial charge in [0.15, 0.2) is 6.61 Å². The topological polar surface area (TPSA) is 82.2 Å². The highest BCUT2D eigenvalue weighted by Crippen LogP contribution is 2.27. The predicted molar refractivity (Wildman–Crippen MR) is 126 cm³/mol. The standard InChI is InChI=1S/C25H36N4O4/c1-18-4-3-10-27(15-18)16-20-7-11-28(12-8-20)24(31)17-33-21-6-5-19(2)22(14-21)29-13-9-23(30)26-25(29)32/h5-6,14,18,20H,3-4,7-13,15-17H2,1-2H3,(H,26,30,32). The lowest BCUT2D eigenvalue weighted by Gasteiger charge is -2.37. The van der Waals surface area contributed by atoms with Crippen LogP contribution >= 0.6 is 0 Å². The van der Waals surface area contributed by atoms with Gasteiger partial charge in [0.05, 0.1) is 5.69 Å². The van der Waals surface area contributed by atoms with E-state index in [4.69, 9.17) is 4.74 Å². The molecule has 0 bridgehead atoms. The van der Waals surface area contributed by atoms with E-state index >= 15 is 0 Å². The summed E-state index contributed by atoms with van der Waals surface area (Å²) in [5.41, 5.74) is 1.60. The highest BCUT2D eigenvalue weighted by molar-refractivity contribution is 6.06. The molecule has 0 aromatic heterocycles. The number of urea groups is 1. The second kappa shape index (κ2) is 10.5.